The fraction of sp³-hybridized carbons (Fsp3) is 0.417. The summed E-state index contributed by atoms with van der Waals surface area (Å²) in [6, 6.07) is 3.82. The molecule has 0 aliphatic rings. The Morgan fingerprint density at radius 1 is 1.47 bits per heavy atom. The Bertz CT molecular complexity index is 306. The van der Waals surface area contributed by atoms with Crippen LogP contribution in [0.3, 0.4) is 0 Å². The van der Waals surface area contributed by atoms with Crippen LogP contribution >= 0.6 is 0 Å². The molecular weight excluding hydrogens is 188 g/mol. The molecule has 0 bridgehead atoms. The highest BCUT2D eigenvalue weighted by molar-refractivity contribution is 5.43. The molecule has 3 nitrogen and oxygen atoms in total. The van der Waals surface area contributed by atoms with E-state index < -0.39 is 0 Å². The monoisotopic (exact) mass is 206 g/mol. The Labute approximate surface area is 91.2 Å². The van der Waals surface area contributed by atoms with E-state index in [1.807, 2.05) is 19.1 Å². The van der Waals surface area contributed by atoms with Crippen molar-refractivity contribution in [3.8, 4) is 5.88 Å². The summed E-state index contributed by atoms with van der Waals surface area (Å²) in [4.78, 5) is 4.16. The van der Waals surface area contributed by atoms with Gasteiger partial charge in [0.05, 0.1) is 18.5 Å². The highest BCUT2D eigenvalue weighted by Crippen LogP contribution is 2.11. The molecule has 0 radical (unpaired) electrons. The Hall–Kier alpha value is -1.51. The Kier molecular flexibility index (Phi) is 4.68. The Morgan fingerprint density at radius 3 is 2.80 bits per heavy atom. The number of rotatable bonds is 6. The molecule has 1 aromatic heterocycles. The van der Waals surface area contributed by atoms with Gasteiger partial charge in [-0.05, 0) is 19.4 Å². The van der Waals surface area contributed by atoms with E-state index in [9.17, 15) is 0 Å². The predicted octanol–water partition coefficient (Wildman–Crippen LogP) is 2.86. The molecule has 1 aromatic rings. The van der Waals surface area contributed by atoms with Crippen LogP contribution in [0.1, 0.15) is 20.3 Å². The Morgan fingerprint density at radius 2 is 2.27 bits per heavy atom. The van der Waals surface area contributed by atoms with Gasteiger partial charge in [0.2, 0.25) is 5.88 Å². The maximum absolute atomic E-state index is 5.25. The molecule has 0 saturated carbocycles. The molecule has 0 unspecified atom stereocenters. The average molecular weight is 206 g/mol. The van der Waals surface area contributed by atoms with E-state index in [1.165, 1.54) is 5.57 Å². The summed E-state index contributed by atoms with van der Waals surface area (Å²) in [5.41, 5.74) is 2.18. The topological polar surface area (TPSA) is 34.1 Å². The van der Waals surface area contributed by atoms with Gasteiger partial charge in [0, 0.05) is 12.6 Å². The molecule has 1 N–H and O–H groups in total. The van der Waals surface area contributed by atoms with Crippen molar-refractivity contribution < 1.29 is 4.74 Å². The first kappa shape index (κ1) is 11.6. The van der Waals surface area contributed by atoms with E-state index in [1.54, 1.807) is 6.20 Å². The van der Waals surface area contributed by atoms with Crippen LogP contribution in [-0.4, -0.2) is 18.1 Å². The first-order valence-electron chi connectivity index (χ1n) is 5.25. The van der Waals surface area contributed by atoms with Crippen LogP contribution in [0, 0.1) is 0 Å². The van der Waals surface area contributed by atoms with Crippen molar-refractivity contribution >= 4 is 5.69 Å². The molecule has 0 saturated heterocycles. The zero-order chi connectivity index (χ0) is 11.1. The van der Waals surface area contributed by atoms with Crippen LogP contribution in [0.25, 0.3) is 0 Å². The zero-order valence-electron chi connectivity index (χ0n) is 9.42. The molecule has 0 fully saturated rings. The van der Waals surface area contributed by atoms with E-state index >= 15 is 0 Å². The van der Waals surface area contributed by atoms with Gasteiger partial charge in [-0.15, -0.1) is 0 Å². The van der Waals surface area contributed by atoms with E-state index in [0.717, 1.165) is 18.7 Å². The zero-order valence-corrected chi connectivity index (χ0v) is 9.42. The Balaban J connectivity index is 2.45. The summed E-state index contributed by atoms with van der Waals surface area (Å²) in [6.07, 6.45) is 2.77. The van der Waals surface area contributed by atoms with Gasteiger partial charge in [-0.3, -0.25) is 0 Å². The van der Waals surface area contributed by atoms with Gasteiger partial charge >= 0.3 is 0 Å². The van der Waals surface area contributed by atoms with Crippen molar-refractivity contribution in [3.63, 3.8) is 0 Å². The number of aromatic nitrogens is 1. The van der Waals surface area contributed by atoms with Gasteiger partial charge < -0.3 is 10.1 Å². The maximum atomic E-state index is 5.25. The molecule has 0 aromatic carbocycles. The molecule has 0 atom stereocenters. The molecule has 1 rings (SSSR count). The van der Waals surface area contributed by atoms with Crippen LogP contribution in [0.4, 0.5) is 5.69 Å². The number of nitrogens with one attached hydrogen (secondary N) is 1. The second-order valence-electron chi connectivity index (χ2n) is 3.28. The molecule has 15 heavy (non-hydrogen) atoms. The summed E-state index contributed by atoms with van der Waals surface area (Å²) in [5.74, 6) is 0.664. The van der Waals surface area contributed by atoms with Gasteiger partial charge in [0.15, 0.2) is 0 Å². The van der Waals surface area contributed by atoms with Crippen LogP contribution in [0.15, 0.2) is 30.5 Å². The summed E-state index contributed by atoms with van der Waals surface area (Å²) in [6.45, 7) is 9.41. The lowest BCUT2D eigenvalue weighted by molar-refractivity contribution is 0.327. The number of hydrogen-bond donors (Lipinski definition) is 1. The second kappa shape index (κ2) is 6.06. The van der Waals surface area contributed by atoms with Crippen molar-refractivity contribution in [1.82, 2.24) is 4.98 Å². The molecule has 82 valence electrons. The summed E-state index contributed by atoms with van der Waals surface area (Å²) in [5, 5.41) is 3.25. The second-order valence-corrected chi connectivity index (χ2v) is 3.28. The lowest BCUT2D eigenvalue weighted by Crippen LogP contribution is -2.03. The quantitative estimate of drug-likeness (QED) is 0.727. The SMILES string of the molecule is C=C(CC)CNc1ccc(OCC)nc1. The van der Waals surface area contributed by atoms with Crippen LogP contribution in [0.5, 0.6) is 5.88 Å². The highest BCUT2D eigenvalue weighted by atomic mass is 16.5. The maximum Gasteiger partial charge on any atom is 0.213 e. The minimum Gasteiger partial charge on any atom is -0.478 e. The smallest absolute Gasteiger partial charge is 0.213 e. The normalized spacial score (nSPS) is 9.73. The number of pyridine rings is 1. The number of hydrogen-bond acceptors (Lipinski definition) is 3. The molecule has 0 aliphatic heterocycles. The molecular formula is C12H18N2O. The predicted molar refractivity (Wildman–Crippen MR) is 63.3 cm³/mol. The minimum absolute atomic E-state index is 0.645. The van der Waals surface area contributed by atoms with E-state index in [4.69, 9.17) is 4.74 Å². The number of ether oxygens (including phenoxy) is 1. The van der Waals surface area contributed by atoms with Crippen molar-refractivity contribution in [2.24, 2.45) is 0 Å². The van der Waals surface area contributed by atoms with Crippen molar-refractivity contribution in [2.75, 3.05) is 18.5 Å². The minimum atomic E-state index is 0.645. The van der Waals surface area contributed by atoms with Crippen molar-refractivity contribution in [3.05, 3.63) is 30.5 Å². The van der Waals surface area contributed by atoms with Crippen LogP contribution in [-0.2, 0) is 0 Å². The number of nitrogens with zero attached hydrogens (tertiary/aromatic N) is 1. The van der Waals surface area contributed by atoms with E-state index in [-0.39, 0.29) is 0 Å². The van der Waals surface area contributed by atoms with E-state index in [0.29, 0.717) is 12.5 Å². The summed E-state index contributed by atoms with van der Waals surface area (Å²) < 4.78 is 5.25. The first-order valence-corrected chi connectivity index (χ1v) is 5.25. The third-order valence-electron chi connectivity index (χ3n) is 2.07. The van der Waals surface area contributed by atoms with Crippen LogP contribution < -0.4 is 10.1 Å². The van der Waals surface area contributed by atoms with Gasteiger partial charge in [0.1, 0.15) is 0 Å². The van der Waals surface area contributed by atoms with Crippen molar-refractivity contribution in [2.45, 2.75) is 20.3 Å². The van der Waals surface area contributed by atoms with E-state index in [2.05, 4.69) is 23.8 Å². The fourth-order valence-electron chi connectivity index (χ4n) is 1.07. The van der Waals surface area contributed by atoms with Gasteiger partial charge in [-0.1, -0.05) is 19.1 Å². The lowest BCUT2D eigenvalue weighted by atomic mass is 10.2. The molecule has 0 spiro atoms. The molecule has 1 heterocycles. The van der Waals surface area contributed by atoms with Crippen molar-refractivity contribution in [1.29, 1.82) is 0 Å². The summed E-state index contributed by atoms with van der Waals surface area (Å²) >= 11 is 0. The third-order valence-corrected chi connectivity index (χ3v) is 2.07. The molecule has 0 amide bonds. The largest absolute Gasteiger partial charge is 0.478 e. The van der Waals surface area contributed by atoms with Gasteiger partial charge in [0.25, 0.3) is 0 Å². The fourth-order valence-corrected chi connectivity index (χ4v) is 1.07. The summed E-state index contributed by atoms with van der Waals surface area (Å²) in [7, 11) is 0. The first-order chi connectivity index (χ1) is 7.26. The number of anilines is 1. The molecule has 0 aliphatic carbocycles. The van der Waals surface area contributed by atoms with Gasteiger partial charge in [-0.25, -0.2) is 4.98 Å². The molecule has 3 heteroatoms. The van der Waals surface area contributed by atoms with Gasteiger partial charge in [-0.2, -0.15) is 0 Å². The average Bonchev–Trinajstić information content (AvgIpc) is 2.28. The third kappa shape index (κ3) is 4.02. The highest BCUT2D eigenvalue weighted by Gasteiger charge is 1.96. The van der Waals surface area contributed by atoms with Crippen LogP contribution in [0.2, 0.25) is 0 Å². The lowest BCUT2D eigenvalue weighted by Gasteiger charge is -2.07. The standard InChI is InChI=1S/C12H18N2O/c1-4-10(3)8-13-11-6-7-12(14-9-11)15-5-2/h6-7,9,13H,3-5,8H2,1-2H3.